The minimum Gasteiger partial charge on any atom is -0.358 e. The molecule has 104 valence electrons. The number of benzene rings is 1. The van der Waals surface area contributed by atoms with Crippen LogP contribution in [0.25, 0.3) is 10.2 Å². The molecule has 5 heteroatoms. The van der Waals surface area contributed by atoms with Crippen LogP contribution in [0.4, 0.5) is 5.13 Å². The number of fused-ring (bicyclic) bond motifs is 1. The Hall–Kier alpha value is -0.650. The highest BCUT2D eigenvalue weighted by Crippen LogP contribution is 2.28. The van der Waals surface area contributed by atoms with Crippen LogP contribution in [0.1, 0.15) is 20.8 Å². The van der Waals surface area contributed by atoms with E-state index in [9.17, 15) is 0 Å². The molecule has 0 aliphatic carbocycles. The summed E-state index contributed by atoms with van der Waals surface area (Å²) in [7, 11) is 0. The van der Waals surface area contributed by atoms with Gasteiger partial charge in [0.05, 0.1) is 10.2 Å². The van der Waals surface area contributed by atoms with Gasteiger partial charge in [-0.3, -0.25) is 0 Å². The van der Waals surface area contributed by atoms with Crippen LogP contribution >= 0.6 is 27.3 Å². The zero-order valence-corrected chi connectivity index (χ0v) is 14.0. The van der Waals surface area contributed by atoms with Gasteiger partial charge in [-0.05, 0) is 38.2 Å². The number of anilines is 1. The lowest BCUT2D eigenvalue weighted by atomic mass is 10.3. The standard InChI is InChI=1S/C14H20BrN3S/c1-4-18(5-2)9-10(3)16-14-17-12-7-6-11(15)8-13(12)19-14/h6-8,10H,4-5,9H2,1-3H3,(H,16,17). The normalized spacial score (nSPS) is 13.1. The maximum Gasteiger partial charge on any atom is 0.184 e. The Morgan fingerprint density at radius 1 is 1.37 bits per heavy atom. The van der Waals surface area contributed by atoms with Gasteiger partial charge in [0, 0.05) is 17.1 Å². The third kappa shape index (κ3) is 3.91. The molecule has 0 saturated heterocycles. The van der Waals surface area contributed by atoms with Gasteiger partial charge < -0.3 is 10.2 Å². The zero-order chi connectivity index (χ0) is 13.8. The Morgan fingerprint density at radius 2 is 2.11 bits per heavy atom. The van der Waals surface area contributed by atoms with Crippen LogP contribution in [0.2, 0.25) is 0 Å². The first kappa shape index (κ1) is 14.8. The van der Waals surface area contributed by atoms with E-state index in [1.807, 2.05) is 6.07 Å². The largest absolute Gasteiger partial charge is 0.358 e. The van der Waals surface area contributed by atoms with E-state index < -0.39 is 0 Å². The van der Waals surface area contributed by atoms with Crippen LogP contribution in [0.3, 0.4) is 0 Å². The van der Waals surface area contributed by atoms with Crippen LogP contribution in [-0.2, 0) is 0 Å². The smallest absolute Gasteiger partial charge is 0.184 e. The van der Waals surface area contributed by atoms with E-state index in [2.05, 4.69) is 64.0 Å². The van der Waals surface area contributed by atoms with E-state index in [4.69, 9.17) is 0 Å². The summed E-state index contributed by atoms with van der Waals surface area (Å²) in [5.41, 5.74) is 1.06. The van der Waals surface area contributed by atoms with Crippen LogP contribution in [0, 0.1) is 0 Å². The van der Waals surface area contributed by atoms with Gasteiger partial charge in [-0.15, -0.1) is 0 Å². The fourth-order valence-electron chi connectivity index (χ4n) is 2.09. The van der Waals surface area contributed by atoms with Gasteiger partial charge in [-0.25, -0.2) is 4.98 Å². The van der Waals surface area contributed by atoms with Crippen LogP contribution < -0.4 is 5.32 Å². The second-order valence-corrected chi connectivity index (χ2v) is 6.61. The molecule has 1 heterocycles. The molecule has 0 saturated carbocycles. The monoisotopic (exact) mass is 341 g/mol. The minimum atomic E-state index is 0.406. The van der Waals surface area contributed by atoms with Gasteiger partial charge in [0.1, 0.15) is 0 Å². The SMILES string of the molecule is CCN(CC)CC(C)Nc1nc2ccc(Br)cc2s1. The summed E-state index contributed by atoms with van der Waals surface area (Å²) in [6.07, 6.45) is 0. The van der Waals surface area contributed by atoms with E-state index in [-0.39, 0.29) is 0 Å². The summed E-state index contributed by atoms with van der Waals surface area (Å²) < 4.78 is 2.32. The molecule has 0 bridgehead atoms. The summed E-state index contributed by atoms with van der Waals surface area (Å²) >= 11 is 5.21. The number of halogens is 1. The van der Waals surface area contributed by atoms with Crippen molar-refractivity contribution in [3.05, 3.63) is 22.7 Å². The molecular weight excluding hydrogens is 322 g/mol. The van der Waals surface area contributed by atoms with Gasteiger partial charge in [-0.2, -0.15) is 0 Å². The van der Waals surface area contributed by atoms with Crippen molar-refractivity contribution in [1.82, 2.24) is 9.88 Å². The van der Waals surface area contributed by atoms with Gasteiger partial charge in [0.15, 0.2) is 5.13 Å². The van der Waals surface area contributed by atoms with Crippen molar-refractivity contribution in [2.24, 2.45) is 0 Å². The molecule has 1 unspecified atom stereocenters. The van der Waals surface area contributed by atoms with Crippen molar-refractivity contribution in [1.29, 1.82) is 0 Å². The third-order valence-electron chi connectivity index (χ3n) is 3.15. The highest BCUT2D eigenvalue weighted by Gasteiger charge is 2.10. The molecular formula is C14H20BrN3S. The first-order valence-electron chi connectivity index (χ1n) is 6.67. The molecule has 0 spiro atoms. The molecule has 1 aromatic heterocycles. The van der Waals surface area contributed by atoms with E-state index in [1.165, 1.54) is 4.70 Å². The molecule has 0 aliphatic heterocycles. The number of nitrogens with zero attached hydrogens (tertiary/aromatic N) is 2. The number of hydrogen-bond donors (Lipinski definition) is 1. The molecule has 0 radical (unpaired) electrons. The summed E-state index contributed by atoms with van der Waals surface area (Å²) in [5, 5.41) is 4.51. The van der Waals surface area contributed by atoms with E-state index in [1.54, 1.807) is 11.3 Å². The molecule has 19 heavy (non-hydrogen) atoms. The molecule has 1 atom stereocenters. The first-order chi connectivity index (χ1) is 9.12. The van der Waals surface area contributed by atoms with Gasteiger partial charge in [0.2, 0.25) is 0 Å². The van der Waals surface area contributed by atoms with E-state index >= 15 is 0 Å². The molecule has 0 fully saturated rings. The summed E-state index contributed by atoms with van der Waals surface area (Å²) in [5.74, 6) is 0. The summed E-state index contributed by atoms with van der Waals surface area (Å²) in [4.78, 5) is 7.04. The Bertz CT molecular complexity index is 536. The lowest BCUT2D eigenvalue weighted by molar-refractivity contribution is 0.295. The fraction of sp³-hybridized carbons (Fsp3) is 0.500. The number of rotatable bonds is 6. The van der Waals surface area contributed by atoms with Crippen molar-refractivity contribution in [3.8, 4) is 0 Å². The lowest BCUT2D eigenvalue weighted by Gasteiger charge is -2.23. The maximum atomic E-state index is 4.62. The molecule has 0 aliphatic rings. The molecule has 2 aromatic rings. The Labute approximate surface area is 127 Å². The molecule has 0 amide bonds. The zero-order valence-electron chi connectivity index (χ0n) is 11.6. The number of hydrogen-bond acceptors (Lipinski definition) is 4. The predicted octanol–water partition coefficient (Wildman–Crippen LogP) is 4.20. The van der Waals surface area contributed by atoms with Crippen molar-refractivity contribution < 1.29 is 0 Å². The second-order valence-electron chi connectivity index (χ2n) is 4.66. The average molecular weight is 342 g/mol. The number of likely N-dealkylation sites (N-methyl/N-ethyl adjacent to an activating group) is 1. The minimum absolute atomic E-state index is 0.406. The van der Waals surface area contributed by atoms with E-state index in [0.29, 0.717) is 6.04 Å². The number of nitrogens with one attached hydrogen (secondary N) is 1. The second kappa shape index (κ2) is 6.68. The van der Waals surface area contributed by atoms with Crippen molar-refractivity contribution in [3.63, 3.8) is 0 Å². The topological polar surface area (TPSA) is 28.2 Å². The average Bonchev–Trinajstić information content (AvgIpc) is 2.77. The summed E-state index contributed by atoms with van der Waals surface area (Å²) in [6.45, 7) is 9.84. The highest BCUT2D eigenvalue weighted by atomic mass is 79.9. The Kier molecular flexibility index (Phi) is 5.19. The van der Waals surface area contributed by atoms with Crippen molar-refractivity contribution in [2.45, 2.75) is 26.8 Å². The molecule has 2 rings (SSSR count). The maximum absolute atomic E-state index is 4.62. The Balaban J connectivity index is 2.04. The van der Waals surface area contributed by atoms with Crippen molar-refractivity contribution >= 4 is 42.6 Å². The van der Waals surface area contributed by atoms with Crippen molar-refractivity contribution in [2.75, 3.05) is 25.0 Å². The molecule has 1 N–H and O–H groups in total. The first-order valence-corrected chi connectivity index (χ1v) is 8.28. The van der Waals surface area contributed by atoms with Crippen LogP contribution in [0.15, 0.2) is 22.7 Å². The number of thiazole rings is 1. The van der Waals surface area contributed by atoms with Crippen LogP contribution in [0.5, 0.6) is 0 Å². The van der Waals surface area contributed by atoms with Gasteiger partial charge >= 0.3 is 0 Å². The molecule has 1 aromatic carbocycles. The van der Waals surface area contributed by atoms with Gasteiger partial charge in [0.25, 0.3) is 0 Å². The highest BCUT2D eigenvalue weighted by molar-refractivity contribution is 9.10. The predicted molar refractivity (Wildman–Crippen MR) is 88.2 cm³/mol. The fourth-order valence-corrected chi connectivity index (χ4v) is 3.61. The Morgan fingerprint density at radius 3 is 2.79 bits per heavy atom. The third-order valence-corrected chi connectivity index (χ3v) is 4.59. The summed E-state index contributed by atoms with van der Waals surface area (Å²) in [6, 6.07) is 6.61. The molecule has 3 nitrogen and oxygen atoms in total. The number of aromatic nitrogens is 1. The lowest BCUT2D eigenvalue weighted by Crippen LogP contribution is -2.34. The quantitative estimate of drug-likeness (QED) is 0.853. The van der Waals surface area contributed by atoms with Gasteiger partial charge in [-0.1, -0.05) is 41.1 Å². The van der Waals surface area contributed by atoms with E-state index in [0.717, 1.165) is 34.8 Å². The van der Waals surface area contributed by atoms with Crippen LogP contribution in [-0.4, -0.2) is 35.6 Å².